The van der Waals surface area contributed by atoms with E-state index in [9.17, 15) is 17.9 Å². The standard InChI is InChI=1S/C25H33FN2O4S/c1-17-13-28(18(2)16-29)33(30,31)25-10-9-21(20-5-4-6-22(26)11-20)12-23(25)32-24(17)15-27(3)14-19-7-8-19/h4-6,9-12,17-19,24,29H,7-8,13-16H2,1-3H3/t17-,18+,24-/m0/s1. The number of benzene rings is 2. The van der Waals surface area contributed by atoms with Crippen molar-refractivity contribution in [1.82, 2.24) is 9.21 Å². The van der Waals surface area contributed by atoms with Crippen LogP contribution in [0.25, 0.3) is 11.1 Å². The van der Waals surface area contributed by atoms with E-state index in [2.05, 4.69) is 11.9 Å². The maximum Gasteiger partial charge on any atom is 0.247 e. The first-order valence-corrected chi connectivity index (χ1v) is 13.0. The highest BCUT2D eigenvalue weighted by Crippen LogP contribution is 2.37. The van der Waals surface area contributed by atoms with Crippen LogP contribution in [0.5, 0.6) is 5.75 Å². The van der Waals surface area contributed by atoms with Crippen molar-refractivity contribution in [3.63, 3.8) is 0 Å². The number of halogens is 1. The number of hydrogen-bond acceptors (Lipinski definition) is 5. The highest BCUT2D eigenvalue weighted by molar-refractivity contribution is 7.89. The Kier molecular flexibility index (Phi) is 7.09. The molecule has 6 nitrogen and oxygen atoms in total. The fraction of sp³-hybridized carbons (Fsp3) is 0.520. The van der Waals surface area contributed by atoms with Crippen molar-refractivity contribution in [1.29, 1.82) is 0 Å². The molecule has 0 saturated heterocycles. The van der Waals surface area contributed by atoms with Gasteiger partial charge < -0.3 is 14.7 Å². The van der Waals surface area contributed by atoms with E-state index >= 15 is 0 Å². The van der Waals surface area contributed by atoms with Gasteiger partial charge in [-0.15, -0.1) is 0 Å². The Hall–Kier alpha value is -2.00. The third-order valence-electron chi connectivity index (χ3n) is 6.58. The van der Waals surface area contributed by atoms with Gasteiger partial charge in [-0.05, 0) is 68.1 Å². The van der Waals surface area contributed by atoms with E-state index in [0.717, 1.165) is 12.5 Å². The fourth-order valence-corrected chi connectivity index (χ4v) is 6.24. The van der Waals surface area contributed by atoms with E-state index in [1.54, 1.807) is 31.2 Å². The zero-order valence-corrected chi connectivity index (χ0v) is 20.3. The molecule has 2 aliphatic rings. The van der Waals surface area contributed by atoms with Gasteiger partial charge in [-0.25, -0.2) is 12.8 Å². The Labute approximate surface area is 196 Å². The summed E-state index contributed by atoms with van der Waals surface area (Å²) >= 11 is 0. The van der Waals surface area contributed by atoms with Crippen molar-refractivity contribution < 1.29 is 22.7 Å². The summed E-state index contributed by atoms with van der Waals surface area (Å²) in [5.74, 6) is 0.547. The summed E-state index contributed by atoms with van der Waals surface area (Å²) in [4.78, 5) is 2.33. The number of rotatable bonds is 7. The first kappa shape index (κ1) is 24.1. The molecule has 8 heteroatoms. The summed E-state index contributed by atoms with van der Waals surface area (Å²) in [6, 6.07) is 10.5. The van der Waals surface area contributed by atoms with Gasteiger partial charge in [0.1, 0.15) is 22.6 Å². The third-order valence-corrected chi connectivity index (χ3v) is 8.60. The molecule has 1 aliphatic carbocycles. The first-order chi connectivity index (χ1) is 15.7. The highest BCUT2D eigenvalue weighted by Gasteiger charge is 2.38. The number of fused-ring (bicyclic) bond motifs is 1. The number of likely N-dealkylation sites (N-methyl/N-ethyl adjacent to an activating group) is 1. The molecule has 0 radical (unpaired) electrons. The molecule has 0 aromatic heterocycles. The fourth-order valence-electron chi connectivity index (χ4n) is 4.41. The van der Waals surface area contributed by atoms with Gasteiger partial charge >= 0.3 is 0 Å². The minimum atomic E-state index is -3.89. The molecule has 180 valence electrons. The Morgan fingerprint density at radius 1 is 1.18 bits per heavy atom. The molecule has 4 rings (SSSR count). The van der Waals surface area contributed by atoms with Gasteiger partial charge in [0.15, 0.2) is 0 Å². The lowest BCUT2D eigenvalue weighted by Crippen LogP contribution is -2.49. The second-order valence-corrected chi connectivity index (χ2v) is 11.4. The van der Waals surface area contributed by atoms with E-state index in [1.807, 2.05) is 6.92 Å². The molecule has 2 aromatic rings. The van der Waals surface area contributed by atoms with Crippen molar-refractivity contribution in [3.8, 4) is 16.9 Å². The molecule has 0 spiro atoms. The molecule has 0 bridgehead atoms. The molecule has 0 unspecified atom stereocenters. The van der Waals surface area contributed by atoms with Crippen molar-refractivity contribution in [3.05, 3.63) is 48.3 Å². The SMILES string of the molecule is C[C@H](CO)N1C[C@H](C)[C@H](CN(C)CC2CC2)Oc2cc(-c3cccc(F)c3)ccc2S1(=O)=O. The minimum Gasteiger partial charge on any atom is -0.487 e. The Morgan fingerprint density at radius 3 is 2.58 bits per heavy atom. The van der Waals surface area contributed by atoms with Gasteiger partial charge in [0.25, 0.3) is 0 Å². The van der Waals surface area contributed by atoms with E-state index in [-0.39, 0.29) is 41.6 Å². The van der Waals surface area contributed by atoms with E-state index in [0.29, 0.717) is 17.7 Å². The Morgan fingerprint density at radius 2 is 1.91 bits per heavy atom. The first-order valence-electron chi connectivity index (χ1n) is 11.6. The Bertz CT molecular complexity index is 1090. The number of sulfonamides is 1. The van der Waals surface area contributed by atoms with Crippen LogP contribution in [0.15, 0.2) is 47.4 Å². The lowest BCUT2D eigenvalue weighted by Gasteiger charge is -2.37. The summed E-state index contributed by atoms with van der Waals surface area (Å²) in [6.07, 6.45) is 2.27. The number of nitrogens with zero attached hydrogens (tertiary/aromatic N) is 2. The molecule has 1 saturated carbocycles. The average Bonchev–Trinajstić information content (AvgIpc) is 3.59. The number of hydrogen-bond donors (Lipinski definition) is 1. The van der Waals surface area contributed by atoms with Gasteiger partial charge in [0.05, 0.1) is 6.61 Å². The van der Waals surface area contributed by atoms with E-state index < -0.39 is 16.1 Å². The largest absolute Gasteiger partial charge is 0.487 e. The molecule has 1 aliphatic heterocycles. The molecule has 0 amide bonds. The Balaban J connectivity index is 1.75. The maximum atomic E-state index is 13.8. The topological polar surface area (TPSA) is 70.1 Å². The summed E-state index contributed by atoms with van der Waals surface area (Å²) in [5.41, 5.74) is 1.33. The zero-order valence-electron chi connectivity index (χ0n) is 19.4. The molecule has 2 aromatic carbocycles. The maximum absolute atomic E-state index is 13.8. The van der Waals surface area contributed by atoms with Crippen LogP contribution in [0.2, 0.25) is 0 Å². The summed E-state index contributed by atoms with van der Waals surface area (Å²) in [6.45, 7) is 5.36. The molecular formula is C25H33FN2O4S. The van der Waals surface area contributed by atoms with Gasteiger partial charge in [-0.2, -0.15) is 4.31 Å². The van der Waals surface area contributed by atoms with Crippen LogP contribution in [0.4, 0.5) is 4.39 Å². The van der Waals surface area contributed by atoms with Gasteiger partial charge in [-0.3, -0.25) is 0 Å². The summed E-state index contributed by atoms with van der Waals surface area (Å²) < 4.78 is 48.8. The van der Waals surface area contributed by atoms with E-state index in [1.165, 1.54) is 35.3 Å². The summed E-state index contributed by atoms with van der Waals surface area (Å²) in [7, 11) is -1.82. The van der Waals surface area contributed by atoms with Gasteiger partial charge in [0, 0.05) is 31.6 Å². The predicted molar refractivity (Wildman–Crippen MR) is 126 cm³/mol. The number of aliphatic hydroxyl groups excluding tert-OH is 1. The molecule has 33 heavy (non-hydrogen) atoms. The predicted octanol–water partition coefficient (Wildman–Crippen LogP) is 3.60. The molecule has 1 heterocycles. The normalized spacial score (nSPS) is 23.9. The highest BCUT2D eigenvalue weighted by atomic mass is 32.2. The smallest absolute Gasteiger partial charge is 0.247 e. The van der Waals surface area contributed by atoms with Gasteiger partial charge in [0.2, 0.25) is 10.0 Å². The number of aliphatic hydroxyl groups is 1. The second kappa shape index (κ2) is 9.70. The van der Waals surface area contributed by atoms with Crippen LogP contribution in [0.1, 0.15) is 26.7 Å². The van der Waals surface area contributed by atoms with E-state index in [4.69, 9.17) is 4.74 Å². The quantitative estimate of drug-likeness (QED) is 0.661. The van der Waals surface area contributed by atoms with Crippen LogP contribution in [-0.4, -0.2) is 68.2 Å². The van der Waals surface area contributed by atoms with Crippen molar-refractivity contribution in [2.75, 3.05) is 33.3 Å². The van der Waals surface area contributed by atoms with Crippen LogP contribution < -0.4 is 4.74 Å². The molecule has 3 atom stereocenters. The lowest BCUT2D eigenvalue weighted by molar-refractivity contribution is 0.0741. The molecule has 1 fully saturated rings. The van der Waals surface area contributed by atoms with Crippen LogP contribution in [0.3, 0.4) is 0 Å². The number of ether oxygens (including phenoxy) is 1. The average molecular weight is 477 g/mol. The van der Waals surface area contributed by atoms with Crippen LogP contribution >= 0.6 is 0 Å². The zero-order chi connectivity index (χ0) is 23.8. The van der Waals surface area contributed by atoms with Crippen LogP contribution in [-0.2, 0) is 10.0 Å². The monoisotopic (exact) mass is 476 g/mol. The molecular weight excluding hydrogens is 443 g/mol. The third kappa shape index (κ3) is 5.40. The summed E-state index contributed by atoms with van der Waals surface area (Å²) in [5, 5.41) is 9.77. The lowest BCUT2D eigenvalue weighted by atomic mass is 10.0. The minimum absolute atomic E-state index is 0.0738. The van der Waals surface area contributed by atoms with Gasteiger partial charge in [-0.1, -0.05) is 25.1 Å². The van der Waals surface area contributed by atoms with Crippen molar-refractivity contribution in [2.45, 2.75) is 43.7 Å². The molecule has 1 N–H and O–H groups in total. The van der Waals surface area contributed by atoms with Crippen molar-refractivity contribution in [2.24, 2.45) is 11.8 Å². The van der Waals surface area contributed by atoms with Crippen molar-refractivity contribution >= 4 is 10.0 Å². The van der Waals surface area contributed by atoms with Crippen LogP contribution in [0, 0.1) is 17.7 Å². The second-order valence-electron chi connectivity index (χ2n) is 9.58.